The molecule has 0 amide bonds. The SMILES string of the molecule is COc1cc(OCc2ccccc2)c([C@@H](N)CCC(F)(F)F)cc1OC. The summed E-state index contributed by atoms with van der Waals surface area (Å²) in [5.74, 6) is 1.18. The van der Waals surface area contributed by atoms with Crippen LogP contribution in [0.25, 0.3) is 0 Å². The van der Waals surface area contributed by atoms with Crippen LogP contribution in [0, 0.1) is 0 Å². The van der Waals surface area contributed by atoms with E-state index in [2.05, 4.69) is 0 Å². The smallest absolute Gasteiger partial charge is 0.389 e. The molecule has 2 aromatic rings. The largest absolute Gasteiger partial charge is 0.493 e. The molecule has 2 aromatic carbocycles. The number of halogens is 3. The number of ether oxygens (including phenoxy) is 3. The van der Waals surface area contributed by atoms with E-state index in [4.69, 9.17) is 19.9 Å². The highest BCUT2D eigenvalue weighted by atomic mass is 19.4. The molecule has 0 aliphatic heterocycles. The number of benzene rings is 2. The molecule has 0 saturated heterocycles. The highest BCUT2D eigenvalue weighted by molar-refractivity contribution is 5.51. The number of hydrogen-bond acceptors (Lipinski definition) is 4. The minimum absolute atomic E-state index is 0.249. The van der Waals surface area contributed by atoms with Gasteiger partial charge in [-0.25, -0.2) is 0 Å². The van der Waals surface area contributed by atoms with Crippen LogP contribution in [0.2, 0.25) is 0 Å². The van der Waals surface area contributed by atoms with Crippen LogP contribution < -0.4 is 19.9 Å². The van der Waals surface area contributed by atoms with Crippen LogP contribution in [0.1, 0.15) is 30.0 Å². The minimum atomic E-state index is -4.26. The second-order valence-electron chi connectivity index (χ2n) is 5.78. The Labute approximate surface area is 150 Å². The lowest BCUT2D eigenvalue weighted by Crippen LogP contribution is -2.17. The number of rotatable bonds is 8. The van der Waals surface area contributed by atoms with E-state index in [1.54, 1.807) is 12.1 Å². The van der Waals surface area contributed by atoms with Crippen LogP contribution in [0.3, 0.4) is 0 Å². The van der Waals surface area contributed by atoms with E-state index in [1.807, 2.05) is 30.3 Å². The number of hydrogen-bond donors (Lipinski definition) is 1. The van der Waals surface area contributed by atoms with Gasteiger partial charge in [-0.05, 0) is 18.1 Å². The first-order chi connectivity index (χ1) is 12.3. The van der Waals surface area contributed by atoms with Crippen LogP contribution >= 0.6 is 0 Å². The molecule has 1 atom stereocenters. The van der Waals surface area contributed by atoms with Gasteiger partial charge in [0.2, 0.25) is 0 Å². The van der Waals surface area contributed by atoms with Crippen LogP contribution in [0.15, 0.2) is 42.5 Å². The molecule has 7 heteroatoms. The van der Waals surface area contributed by atoms with Crippen LogP contribution in [-0.2, 0) is 6.61 Å². The predicted octanol–water partition coefficient (Wildman–Crippen LogP) is 4.63. The van der Waals surface area contributed by atoms with Crippen molar-refractivity contribution in [2.24, 2.45) is 5.73 Å². The molecule has 0 saturated carbocycles. The van der Waals surface area contributed by atoms with Gasteiger partial charge < -0.3 is 19.9 Å². The van der Waals surface area contributed by atoms with E-state index in [9.17, 15) is 13.2 Å². The standard InChI is InChI=1S/C19H22F3NO3/c1-24-17-10-14(15(23)8-9-19(20,21)22)16(11-18(17)25-2)26-12-13-6-4-3-5-7-13/h3-7,10-11,15H,8-9,12,23H2,1-2H3/t15-/m0/s1. The third-order valence-electron chi connectivity index (χ3n) is 3.89. The lowest BCUT2D eigenvalue weighted by molar-refractivity contribution is -0.136. The van der Waals surface area contributed by atoms with E-state index in [-0.39, 0.29) is 13.0 Å². The Morgan fingerprint density at radius 3 is 2.15 bits per heavy atom. The summed E-state index contributed by atoms with van der Waals surface area (Å²) >= 11 is 0. The molecule has 0 bridgehead atoms. The maximum atomic E-state index is 12.5. The molecule has 0 fully saturated rings. The van der Waals surface area contributed by atoms with Crippen molar-refractivity contribution in [2.45, 2.75) is 31.7 Å². The number of alkyl halides is 3. The van der Waals surface area contributed by atoms with E-state index < -0.39 is 18.6 Å². The maximum Gasteiger partial charge on any atom is 0.389 e. The summed E-state index contributed by atoms with van der Waals surface area (Å²) in [5, 5.41) is 0. The Morgan fingerprint density at radius 2 is 1.58 bits per heavy atom. The molecule has 0 heterocycles. The van der Waals surface area contributed by atoms with Crippen molar-refractivity contribution in [2.75, 3.05) is 14.2 Å². The summed E-state index contributed by atoms with van der Waals surface area (Å²) < 4.78 is 53.9. The van der Waals surface area contributed by atoms with Crippen molar-refractivity contribution in [3.05, 3.63) is 53.6 Å². The third-order valence-corrected chi connectivity index (χ3v) is 3.89. The molecule has 0 aliphatic rings. The molecule has 142 valence electrons. The zero-order valence-electron chi connectivity index (χ0n) is 14.7. The van der Waals surface area contributed by atoms with Gasteiger partial charge in [-0.1, -0.05) is 30.3 Å². The normalized spacial score (nSPS) is 12.5. The summed E-state index contributed by atoms with van der Waals surface area (Å²) in [7, 11) is 2.93. The van der Waals surface area contributed by atoms with Crippen LogP contribution in [-0.4, -0.2) is 20.4 Å². The van der Waals surface area contributed by atoms with Crippen molar-refractivity contribution in [3.63, 3.8) is 0 Å². The van der Waals surface area contributed by atoms with Crippen LogP contribution in [0.4, 0.5) is 13.2 Å². The lowest BCUT2D eigenvalue weighted by atomic mass is 10.0. The molecule has 0 unspecified atom stereocenters. The Hall–Kier alpha value is -2.41. The third kappa shape index (κ3) is 5.56. The molecule has 0 aromatic heterocycles. The zero-order valence-corrected chi connectivity index (χ0v) is 14.7. The van der Waals surface area contributed by atoms with Gasteiger partial charge in [-0.3, -0.25) is 0 Å². The summed E-state index contributed by atoms with van der Waals surface area (Å²) in [4.78, 5) is 0. The van der Waals surface area contributed by atoms with Crippen LogP contribution in [0.5, 0.6) is 17.2 Å². The fourth-order valence-electron chi connectivity index (χ4n) is 2.50. The van der Waals surface area contributed by atoms with Gasteiger partial charge in [0.1, 0.15) is 12.4 Å². The van der Waals surface area contributed by atoms with Crippen molar-refractivity contribution < 1.29 is 27.4 Å². The maximum absolute atomic E-state index is 12.5. The topological polar surface area (TPSA) is 53.7 Å². The van der Waals surface area contributed by atoms with Gasteiger partial charge in [0.05, 0.1) is 14.2 Å². The average molecular weight is 369 g/mol. The summed E-state index contributed by atoms with van der Waals surface area (Å²) in [6.07, 6.45) is -5.49. The Morgan fingerprint density at radius 1 is 0.962 bits per heavy atom. The predicted molar refractivity (Wildman–Crippen MR) is 92.5 cm³/mol. The van der Waals surface area contributed by atoms with Crippen molar-refractivity contribution in [1.29, 1.82) is 0 Å². The first-order valence-corrected chi connectivity index (χ1v) is 8.09. The minimum Gasteiger partial charge on any atom is -0.493 e. The Kier molecular flexibility index (Phi) is 6.74. The molecule has 0 aliphatic carbocycles. The van der Waals surface area contributed by atoms with E-state index in [0.29, 0.717) is 22.8 Å². The molecule has 0 spiro atoms. The summed E-state index contributed by atoms with van der Waals surface area (Å²) in [6.45, 7) is 0.259. The van der Waals surface area contributed by atoms with E-state index in [1.165, 1.54) is 14.2 Å². The second kappa shape index (κ2) is 8.80. The monoisotopic (exact) mass is 369 g/mol. The molecular formula is C19H22F3NO3. The fraction of sp³-hybridized carbons (Fsp3) is 0.368. The van der Waals surface area contributed by atoms with E-state index in [0.717, 1.165) is 5.56 Å². The molecule has 0 radical (unpaired) electrons. The van der Waals surface area contributed by atoms with Crippen molar-refractivity contribution >= 4 is 0 Å². The molecule has 4 nitrogen and oxygen atoms in total. The molecule has 2 rings (SSSR count). The average Bonchev–Trinajstić information content (AvgIpc) is 2.63. The molecular weight excluding hydrogens is 347 g/mol. The summed E-state index contributed by atoms with van der Waals surface area (Å²) in [6, 6.07) is 11.7. The highest BCUT2D eigenvalue weighted by Gasteiger charge is 2.29. The van der Waals surface area contributed by atoms with E-state index >= 15 is 0 Å². The molecule has 26 heavy (non-hydrogen) atoms. The van der Waals surface area contributed by atoms with Crippen molar-refractivity contribution in [3.8, 4) is 17.2 Å². The number of nitrogens with two attached hydrogens (primary N) is 1. The first-order valence-electron chi connectivity index (χ1n) is 8.09. The number of methoxy groups -OCH3 is 2. The molecule has 2 N–H and O–H groups in total. The second-order valence-corrected chi connectivity index (χ2v) is 5.78. The highest BCUT2D eigenvalue weighted by Crippen LogP contribution is 2.39. The van der Waals surface area contributed by atoms with Gasteiger partial charge in [0.25, 0.3) is 0 Å². The Balaban J connectivity index is 2.27. The van der Waals surface area contributed by atoms with Gasteiger partial charge in [0, 0.05) is 24.1 Å². The fourth-order valence-corrected chi connectivity index (χ4v) is 2.50. The van der Waals surface area contributed by atoms with Gasteiger partial charge in [-0.15, -0.1) is 0 Å². The quantitative estimate of drug-likeness (QED) is 0.737. The lowest BCUT2D eigenvalue weighted by Gasteiger charge is -2.20. The van der Waals surface area contributed by atoms with Crippen molar-refractivity contribution in [1.82, 2.24) is 0 Å². The Bertz CT molecular complexity index is 705. The summed E-state index contributed by atoms with van der Waals surface area (Å²) in [5.41, 5.74) is 7.39. The van der Waals surface area contributed by atoms with Gasteiger partial charge in [-0.2, -0.15) is 13.2 Å². The van der Waals surface area contributed by atoms with Gasteiger partial charge in [0.15, 0.2) is 11.5 Å². The van der Waals surface area contributed by atoms with Gasteiger partial charge >= 0.3 is 6.18 Å². The zero-order chi connectivity index (χ0) is 19.2. The first kappa shape index (κ1) is 19.9.